The van der Waals surface area contributed by atoms with Crippen molar-refractivity contribution >= 4 is 23.4 Å². The Morgan fingerprint density at radius 1 is 1.06 bits per heavy atom. The molecule has 0 bridgehead atoms. The zero-order valence-corrected chi connectivity index (χ0v) is 18.9. The lowest BCUT2D eigenvalue weighted by Crippen LogP contribution is -2.33. The summed E-state index contributed by atoms with van der Waals surface area (Å²) in [6.07, 6.45) is 2.02. The van der Waals surface area contributed by atoms with E-state index in [0.717, 1.165) is 24.2 Å². The molecule has 7 nitrogen and oxygen atoms in total. The van der Waals surface area contributed by atoms with E-state index < -0.39 is 5.92 Å². The molecule has 32 heavy (non-hydrogen) atoms. The van der Waals surface area contributed by atoms with Crippen molar-refractivity contribution in [1.82, 2.24) is 10.2 Å². The van der Waals surface area contributed by atoms with Gasteiger partial charge in [0.25, 0.3) is 5.91 Å². The zero-order valence-electron chi connectivity index (χ0n) is 18.9. The van der Waals surface area contributed by atoms with Crippen LogP contribution < -0.4 is 15.4 Å². The van der Waals surface area contributed by atoms with Crippen molar-refractivity contribution in [2.75, 3.05) is 25.5 Å². The van der Waals surface area contributed by atoms with E-state index in [4.69, 9.17) is 4.74 Å². The second-order valence-electron chi connectivity index (χ2n) is 7.90. The summed E-state index contributed by atoms with van der Waals surface area (Å²) in [6, 6.07) is 14.0. The molecule has 1 fully saturated rings. The molecule has 3 amide bonds. The zero-order chi connectivity index (χ0) is 23.1. The molecule has 1 aliphatic rings. The Labute approximate surface area is 189 Å². The maximum absolute atomic E-state index is 13.2. The molecular weight excluding hydrogens is 406 g/mol. The lowest BCUT2D eigenvalue weighted by Gasteiger charge is -2.28. The van der Waals surface area contributed by atoms with Crippen LogP contribution in [0.15, 0.2) is 48.5 Å². The van der Waals surface area contributed by atoms with Gasteiger partial charge in [0.1, 0.15) is 5.75 Å². The Hall–Kier alpha value is -3.35. The normalized spacial score (nSPS) is 17.8. The number of anilines is 1. The number of likely N-dealkylation sites (tertiary alicyclic amines) is 1. The van der Waals surface area contributed by atoms with Gasteiger partial charge in [0.2, 0.25) is 11.8 Å². The lowest BCUT2D eigenvalue weighted by atomic mass is 9.92. The summed E-state index contributed by atoms with van der Waals surface area (Å²) in [7, 11) is 1.61. The van der Waals surface area contributed by atoms with Gasteiger partial charge in [0, 0.05) is 30.8 Å². The standard InChI is InChI=1S/C25H31N3O4/c1-4-6-15-28-22(29)16-21(23(28)17-9-13-20(32-3)14-10-17)25(31)27-19-11-7-18(8-12-19)24(30)26-5-2/h7-14,21,23H,4-6,15-16H2,1-3H3,(H,26,30)(H,27,31). The summed E-state index contributed by atoms with van der Waals surface area (Å²) >= 11 is 0. The summed E-state index contributed by atoms with van der Waals surface area (Å²) < 4.78 is 5.25. The van der Waals surface area contributed by atoms with E-state index in [1.54, 1.807) is 31.4 Å². The minimum absolute atomic E-state index is 0.00833. The highest BCUT2D eigenvalue weighted by molar-refractivity contribution is 5.99. The van der Waals surface area contributed by atoms with Crippen LogP contribution in [0.3, 0.4) is 0 Å². The lowest BCUT2D eigenvalue weighted by molar-refractivity contribution is -0.129. The average Bonchev–Trinajstić information content (AvgIpc) is 3.14. The van der Waals surface area contributed by atoms with Crippen LogP contribution in [-0.4, -0.2) is 42.8 Å². The average molecular weight is 438 g/mol. The molecule has 1 saturated heterocycles. The van der Waals surface area contributed by atoms with E-state index in [-0.39, 0.29) is 30.2 Å². The van der Waals surface area contributed by atoms with Crippen LogP contribution in [0.4, 0.5) is 5.69 Å². The molecule has 170 valence electrons. The van der Waals surface area contributed by atoms with E-state index >= 15 is 0 Å². The van der Waals surface area contributed by atoms with Crippen LogP contribution in [0, 0.1) is 5.92 Å². The van der Waals surface area contributed by atoms with Gasteiger partial charge in [-0.05, 0) is 55.3 Å². The largest absolute Gasteiger partial charge is 0.497 e. The number of amides is 3. The minimum atomic E-state index is -0.504. The fourth-order valence-corrected chi connectivity index (χ4v) is 4.03. The monoisotopic (exact) mass is 437 g/mol. The number of nitrogens with zero attached hydrogens (tertiary/aromatic N) is 1. The van der Waals surface area contributed by atoms with Gasteiger partial charge in [-0.2, -0.15) is 0 Å². The Kier molecular flexibility index (Phi) is 7.87. The topological polar surface area (TPSA) is 87.7 Å². The third kappa shape index (κ3) is 5.28. The number of benzene rings is 2. The number of hydrogen-bond donors (Lipinski definition) is 2. The highest BCUT2D eigenvalue weighted by Crippen LogP contribution is 2.39. The van der Waals surface area contributed by atoms with Gasteiger partial charge >= 0.3 is 0 Å². The number of rotatable bonds is 9. The van der Waals surface area contributed by atoms with Crippen LogP contribution in [0.5, 0.6) is 5.75 Å². The van der Waals surface area contributed by atoms with Crippen LogP contribution in [0.1, 0.15) is 55.1 Å². The maximum atomic E-state index is 13.2. The Balaban J connectivity index is 1.80. The molecule has 1 heterocycles. The Bertz CT molecular complexity index is 941. The molecule has 2 aromatic rings. The number of unbranched alkanes of at least 4 members (excludes halogenated alkanes) is 1. The molecule has 3 rings (SSSR count). The number of methoxy groups -OCH3 is 1. The van der Waals surface area contributed by atoms with Crippen LogP contribution in [0.25, 0.3) is 0 Å². The van der Waals surface area contributed by atoms with E-state index in [2.05, 4.69) is 17.6 Å². The van der Waals surface area contributed by atoms with Crippen molar-refractivity contribution in [3.8, 4) is 5.75 Å². The summed E-state index contributed by atoms with van der Waals surface area (Å²) in [4.78, 5) is 39.8. The fourth-order valence-electron chi connectivity index (χ4n) is 4.03. The van der Waals surface area contributed by atoms with Crippen molar-refractivity contribution in [3.05, 3.63) is 59.7 Å². The van der Waals surface area contributed by atoms with Crippen molar-refractivity contribution < 1.29 is 19.1 Å². The number of nitrogens with one attached hydrogen (secondary N) is 2. The summed E-state index contributed by atoms with van der Waals surface area (Å²) in [5.74, 6) is -0.143. The third-order valence-corrected chi connectivity index (χ3v) is 5.73. The maximum Gasteiger partial charge on any atom is 0.251 e. The molecule has 0 saturated carbocycles. The second-order valence-corrected chi connectivity index (χ2v) is 7.90. The molecule has 0 aromatic heterocycles. The predicted octanol–water partition coefficient (Wildman–Crippen LogP) is 3.77. The minimum Gasteiger partial charge on any atom is -0.497 e. The summed E-state index contributed by atoms with van der Waals surface area (Å²) in [6.45, 7) is 5.11. The van der Waals surface area contributed by atoms with Gasteiger partial charge in [-0.25, -0.2) is 0 Å². The number of carbonyl (C=O) groups excluding carboxylic acids is 3. The van der Waals surface area contributed by atoms with Crippen molar-refractivity contribution in [2.24, 2.45) is 5.92 Å². The first kappa shape index (κ1) is 23.3. The molecule has 0 radical (unpaired) electrons. The molecule has 2 unspecified atom stereocenters. The molecule has 0 aliphatic carbocycles. The molecule has 1 aliphatic heterocycles. The number of ether oxygens (including phenoxy) is 1. The molecule has 7 heteroatoms. The van der Waals surface area contributed by atoms with Gasteiger partial charge in [-0.3, -0.25) is 14.4 Å². The Morgan fingerprint density at radius 3 is 2.34 bits per heavy atom. The van der Waals surface area contributed by atoms with Gasteiger partial charge in [0.05, 0.1) is 19.1 Å². The quantitative estimate of drug-likeness (QED) is 0.625. The summed E-state index contributed by atoms with van der Waals surface area (Å²) in [5, 5.41) is 5.67. The molecule has 2 aromatic carbocycles. The van der Waals surface area contributed by atoms with E-state index in [0.29, 0.717) is 24.3 Å². The van der Waals surface area contributed by atoms with Crippen LogP contribution in [0.2, 0.25) is 0 Å². The second kappa shape index (κ2) is 10.8. The van der Waals surface area contributed by atoms with E-state index in [1.165, 1.54) is 0 Å². The van der Waals surface area contributed by atoms with Gasteiger partial charge in [0.15, 0.2) is 0 Å². The molecular formula is C25H31N3O4. The van der Waals surface area contributed by atoms with Gasteiger partial charge in [-0.15, -0.1) is 0 Å². The number of hydrogen-bond acceptors (Lipinski definition) is 4. The highest BCUT2D eigenvalue weighted by Gasteiger charge is 2.44. The first-order chi connectivity index (χ1) is 15.5. The van der Waals surface area contributed by atoms with Crippen molar-refractivity contribution in [3.63, 3.8) is 0 Å². The van der Waals surface area contributed by atoms with Crippen LogP contribution in [-0.2, 0) is 9.59 Å². The van der Waals surface area contributed by atoms with Gasteiger partial charge in [-0.1, -0.05) is 25.5 Å². The van der Waals surface area contributed by atoms with Crippen molar-refractivity contribution in [1.29, 1.82) is 0 Å². The van der Waals surface area contributed by atoms with E-state index in [1.807, 2.05) is 36.1 Å². The SMILES string of the molecule is CCCCN1C(=O)CC(C(=O)Nc2ccc(C(=O)NCC)cc2)C1c1ccc(OC)cc1. The molecule has 2 N–H and O–H groups in total. The molecule has 2 atom stereocenters. The summed E-state index contributed by atoms with van der Waals surface area (Å²) in [5.41, 5.74) is 2.04. The predicted molar refractivity (Wildman–Crippen MR) is 124 cm³/mol. The number of carbonyl (C=O) groups is 3. The fraction of sp³-hybridized carbons (Fsp3) is 0.400. The Morgan fingerprint density at radius 2 is 1.75 bits per heavy atom. The highest BCUT2D eigenvalue weighted by atomic mass is 16.5. The smallest absolute Gasteiger partial charge is 0.251 e. The van der Waals surface area contributed by atoms with Crippen molar-refractivity contribution in [2.45, 2.75) is 39.2 Å². The first-order valence-electron chi connectivity index (χ1n) is 11.1. The van der Waals surface area contributed by atoms with Crippen LogP contribution >= 0.6 is 0 Å². The first-order valence-corrected chi connectivity index (χ1v) is 11.1. The molecule has 0 spiro atoms. The third-order valence-electron chi connectivity index (χ3n) is 5.73. The van der Waals surface area contributed by atoms with Gasteiger partial charge < -0.3 is 20.3 Å². The van der Waals surface area contributed by atoms with E-state index in [9.17, 15) is 14.4 Å².